The van der Waals surface area contributed by atoms with Gasteiger partial charge in [0, 0.05) is 16.7 Å². The molecule has 1 aliphatic carbocycles. The number of nitrogens with one attached hydrogen (secondary N) is 4. The average Bonchev–Trinajstić information content (AvgIpc) is 3.43. The molecule has 3 aromatic carbocycles. The fourth-order valence-corrected chi connectivity index (χ4v) is 4.70. The molecule has 4 N–H and O–H groups in total. The van der Waals surface area contributed by atoms with Crippen LogP contribution in [0.25, 0.3) is 32.7 Å². The van der Waals surface area contributed by atoms with Crippen molar-refractivity contribution in [2.45, 2.75) is 18.3 Å². The summed E-state index contributed by atoms with van der Waals surface area (Å²) in [5.41, 5.74) is 3.01. The second-order valence-corrected chi connectivity index (χ2v) is 8.64. The summed E-state index contributed by atoms with van der Waals surface area (Å²) in [5.74, 6) is 1.99. The van der Waals surface area contributed by atoms with Crippen molar-refractivity contribution in [1.29, 1.82) is 0 Å². The zero-order chi connectivity index (χ0) is 22.8. The highest BCUT2D eigenvalue weighted by Crippen LogP contribution is 2.54. The van der Waals surface area contributed by atoms with Crippen molar-refractivity contribution in [3.05, 3.63) is 88.2 Å². The molecule has 0 radical (unpaired) electrons. The maximum atomic E-state index is 14.1. The largest absolute Gasteiger partial charge is 0.322 e. The molecule has 34 heavy (non-hydrogen) atoms. The number of nitrogens with zero attached hydrogens (tertiary/aromatic N) is 3. The highest BCUT2D eigenvalue weighted by Gasteiger charge is 2.42. The summed E-state index contributed by atoms with van der Waals surface area (Å²) in [4.78, 5) is 21.5. The Kier molecular flexibility index (Phi) is 3.90. The average molecular weight is 451 g/mol. The third-order valence-corrected chi connectivity index (χ3v) is 6.55. The van der Waals surface area contributed by atoms with Gasteiger partial charge in [0.05, 0.1) is 16.4 Å². The number of anilines is 2. The quantitative estimate of drug-likeness (QED) is 0.306. The van der Waals surface area contributed by atoms with Crippen LogP contribution in [0.1, 0.15) is 29.6 Å². The van der Waals surface area contributed by atoms with E-state index in [1.54, 1.807) is 6.07 Å². The molecule has 3 aromatic heterocycles. The van der Waals surface area contributed by atoms with Crippen LogP contribution < -0.4 is 10.9 Å². The molecule has 0 bridgehead atoms. The van der Waals surface area contributed by atoms with E-state index in [9.17, 15) is 9.18 Å². The third kappa shape index (κ3) is 2.90. The van der Waals surface area contributed by atoms with Crippen molar-refractivity contribution in [1.82, 2.24) is 30.4 Å². The lowest BCUT2D eigenvalue weighted by Gasteiger charge is -2.10. The number of hydrogen-bond acceptors (Lipinski definition) is 5. The predicted octanol–water partition coefficient (Wildman–Crippen LogP) is 4.83. The van der Waals surface area contributed by atoms with Crippen molar-refractivity contribution in [2.75, 3.05) is 5.32 Å². The number of hydrogen-bond donors (Lipinski definition) is 4. The molecule has 0 saturated heterocycles. The van der Waals surface area contributed by atoms with Gasteiger partial charge in [-0.2, -0.15) is 5.10 Å². The standard InChI is InChI=1S/C25H18FN7O/c26-18-6-3-5-15-21(18)31-32-24(15)29-22-13-4-1-2-7-19(13)27-23(28-22)17-11-16(17)12-8-9-14-20(10-12)30-33-25(14)34/h1-10,16-17H,11H2,(H2,30,33,34)(H2,27,28,29,31,32). The molecule has 7 rings (SSSR count). The van der Waals surface area contributed by atoms with Gasteiger partial charge in [-0.25, -0.2) is 14.4 Å². The smallest absolute Gasteiger partial charge is 0.271 e. The van der Waals surface area contributed by atoms with Gasteiger partial charge < -0.3 is 5.32 Å². The molecule has 0 aliphatic heterocycles. The summed E-state index contributed by atoms with van der Waals surface area (Å²) in [5, 5.41) is 18.1. The fraction of sp³-hybridized carbons (Fsp3) is 0.120. The number of aromatic nitrogens is 6. The van der Waals surface area contributed by atoms with Gasteiger partial charge in [-0.05, 0) is 54.3 Å². The van der Waals surface area contributed by atoms with E-state index in [0.29, 0.717) is 27.9 Å². The van der Waals surface area contributed by atoms with E-state index in [0.717, 1.165) is 34.2 Å². The summed E-state index contributed by atoms with van der Waals surface area (Å²) < 4.78 is 14.1. The molecule has 2 unspecified atom stereocenters. The Morgan fingerprint density at radius 2 is 1.76 bits per heavy atom. The molecule has 0 amide bonds. The van der Waals surface area contributed by atoms with Crippen molar-refractivity contribution in [3.63, 3.8) is 0 Å². The molecule has 1 aliphatic rings. The minimum absolute atomic E-state index is 0.117. The minimum Gasteiger partial charge on any atom is -0.322 e. The number of aromatic amines is 3. The summed E-state index contributed by atoms with van der Waals surface area (Å²) in [6, 6.07) is 18.5. The summed E-state index contributed by atoms with van der Waals surface area (Å²) >= 11 is 0. The van der Waals surface area contributed by atoms with Crippen LogP contribution in [0.4, 0.5) is 16.0 Å². The molecule has 2 atom stereocenters. The van der Waals surface area contributed by atoms with E-state index >= 15 is 0 Å². The van der Waals surface area contributed by atoms with Gasteiger partial charge in [0.1, 0.15) is 23.0 Å². The highest BCUT2D eigenvalue weighted by atomic mass is 19.1. The van der Waals surface area contributed by atoms with Gasteiger partial charge in [0.2, 0.25) is 0 Å². The van der Waals surface area contributed by atoms with Crippen molar-refractivity contribution in [2.24, 2.45) is 0 Å². The van der Waals surface area contributed by atoms with Crippen LogP contribution in [0.5, 0.6) is 0 Å². The van der Waals surface area contributed by atoms with Crippen LogP contribution in [0, 0.1) is 5.82 Å². The van der Waals surface area contributed by atoms with Crippen LogP contribution in [0.2, 0.25) is 0 Å². The molecular weight excluding hydrogens is 433 g/mol. The maximum Gasteiger partial charge on any atom is 0.271 e. The van der Waals surface area contributed by atoms with Gasteiger partial charge in [-0.3, -0.25) is 20.1 Å². The second-order valence-electron chi connectivity index (χ2n) is 8.64. The van der Waals surface area contributed by atoms with E-state index in [4.69, 9.17) is 9.97 Å². The van der Waals surface area contributed by atoms with Gasteiger partial charge in [0.15, 0.2) is 5.82 Å². The molecule has 6 aromatic rings. The lowest BCUT2D eigenvalue weighted by Crippen LogP contribution is -2.02. The Hall–Kier alpha value is -4.53. The Morgan fingerprint density at radius 3 is 2.71 bits per heavy atom. The van der Waals surface area contributed by atoms with Gasteiger partial charge in [0.25, 0.3) is 5.56 Å². The third-order valence-electron chi connectivity index (χ3n) is 6.55. The first-order valence-corrected chi connectivity index (χ1v) is 11.0. The topological polar surface area (TPSA) is 115 Å². The molecule has 8 nitrogen and oxygen atoms in total. The van der Waals surface area contributed by atoms with E-state index in [2.05, 4.69) is 25.7 Å². The zero-order valence-corrected chi connectivity index (χ0v) is 17.8. The van der Waals surface area contributed by atoms with Crippen LogP contribution in [0.15, 0.2) is 65.5 Å². The molecule has 0 spiro atoms. The molecule has 1 saturated carbocycles. The minimum atomic E-state index is -0.354. The predicted molar refractivity (Wildman–Crippen MR) is 128 cm³/mol. The monoisotopic (exact) mass is 451 g/mol. The summed E-state index contributed by atoms with van der Waals surface area (Å²) in [6.45, 7) is 0. The maximum absolute atomic E-state index is 14.1. The lowest BCUT2D eigenvalue weighted by atomic mass is 10.1. The Bertz CT molecular complexity index is 1780. The SMILES string of the molecule is O=c1[nH][nH]c2cc(C3CC3c3nc(Nc4n[nH]c5c(F)cccc45)c4ccccc4n3)ccc12. The van der Waals surface area contributed by atoms with E-state index in [1.165, 1.54) is 6.07 Å². The van der Waals surface area contributed by atoms with Crippen molar-refractivity contribution < 1.29 is 4.39 Å². The molecule has 1 fully saturated rings. The van der Waals surface area contributed by atoms with E-state index < -0.39 is 0 Å². The van der Waals surface area contributed by atoms with Crippen LogP contribution >= 0.6 is 0 Å². The van der Waals surface area contributed by atoms with E-state index in [1.807, 2.05) is 48.5 Å². The number of benzene rings is 3. The number of fused-ring (bicyclic) bond motifs is 3. The first kappa shape index (κ1) is 19.0. The van der Waals surface area contributed by atoms with Crippen LogP contribution in [-0.4, -0.2) is 30.4 Å². The first-order chi connectivity index (χ1) is 16.7. The van der Waals surface area contributed by atoms with Gasteiger partial charge in [-0.1, -0.05) is 24.3 Å². The van der Waals surface area contributed by atoms with Crippen molar-refractivity contribution >= 4 is 44.3 Å². The Balaban J connectivity index is 1.27. The van der Waals surface area contributed by atoms with Crippen LogP contribution in [-0.2, 0) is 0 Å². The summed E-state index contributed by atoms with van der Waals surface area (Å²) in [6.07, 6.45) is 0.925. The van der Waals surface area contributed by atoms with E-state index in [-0.39, 0.29) is 23.2 Å². The Morgan fingerprint density at radius 1 is 0.882 bits per heavy atom. The molecule has 166 valence electrons. The van der Waals surface area contributed by atoms with Gasteiger partial charge in [-0.15, -0.1) is 0 Å². The number of halogens is 1. The normalized spacial score (nSPS) is 17.6. The highest BCUT2D eigenvalue weighted by molar-refractivity contribution is 5.96. The Labute approximate surface area is 191 Å². The number of rotatable bonds is 4. The van der Waals surface area contributed by atoms with Gasteiger partial charge >= 0.3 is 0 Å². The molecule has 3 heterocycles. The lowest BCUT2D eigenvalue weighted by molar-refractivity contribution is 0.636. The summed E-state index contributed by atoms with van der Waals surface area (Å²) in [7, 11) is 0. The molecule has 9 heteroatoms. The number of H-pyrrole nitrogens is 3. The fourth-order valence-electron chi connectivity index (χ4n) is 4.70. The first-order valence-electron chi connectivity index (χ1n) is 11.0. The zero-order valence-electron chi connectivity index (χ0n) is 17.8. The second kappa shape index (κ2) is 6.98. The molecular formula is C25H18FN7O. The van der Waals surface area contributed by atoms with Crippen molar-refractivity contribution in [3.8, 4) is 0 Å². The number of para-hydroxylation sites is 2. The van der Waals surface area contributed by atoms with Crippen LogP contribution in [0.3, 0.4) is 0 Å².